The molecule has 0 amide bonds. The Kier molecular flexibility index (Phi) is 6.11. The van der Waals surface area contributed by atoms with E-state index < -0.39 is 6.10 Å². The number of hydrogen-bond donors (Lipinski definition) is 3. The summed E-state index contributed by atoms with van der Waals surface area (Å²) in [4.78, 5) is 1.14. The first-order valence-electron chi connectivity index (χ1n) is 6.99. The highest BCUT2D eigenvalue weighted by Crippen LogP contribution is 2.29. The van der Waals surface area contributed by atoms with Gasteiger partial charge in [-0.05, 0) is 24.6 Å². The number of aliphatic hydroxyl groups is 2. The normalized spacial score (nSPS) is 12.1. The Morgan fingerprint density at radius 1 is 1.10 bits per heavy atom. The van der Waals surface area contributed by atoms with Crippen LogP contribution in [0, 0.1) is 6.92 Å². The van der Waals surface area contributed by atoms with Gasteiger partial charge in [-0.25, -0.2) is 0 Å². The minimum absolute atomic E-state index is 0.230. The summed E-state index contributed by atoms with van der Waals surface area (Å²) in [6.45, 7) is 2.20. The first-order valence-corrected chi connectivity index (χ1v) is 7.98. The molecule has 0 radical (unpaired) electrons. The van der Waals surface area contributed by atoms with Gasteiger partial charge in [-0.1, -0.05) is 42.0 Å². The van der Waals surface area contributed by atoms with Gasteiger partial charge >= 0.3 is 0 Å². The molecule has 0 aromatic heterocycles. The molecule has 0 aliphatic heterocycles. The third kappa shape index (κ3) is 5.08. The average Bonchev–Trinajstić information content (AvgIpc) is 2.52. The van der Waals surface area contributed by atoms with Gasteiger partial charge in [-0.15, -0.1) is 11.8 Å². The lowest BCUT2D eigenvalue weighted by Gasteiger charge is -2.14. The smallest absolute Gasteiger partial charge is 0.0942 e. The molecule has 0 aliphatic carbocycles. The lowest BCUT2D eigenvalue weighted by molar-refractivity contribution is 0.105. The van der Waals surface area contributed by atoms with E-state index in [9.17, 15) is 5.11 Å². The average molecular weight is 303 g/mol. The highest BCUT2D eigenvalue weighted by atomic mass is 32.2. The van der Waals surface area contributed by atoms with Gasteiger partial charge in [-0.2, -0.15) is 0 Å². The van der Waals surface area contributed by atoms with Gasteiger partial charge in [0.2, 0.25) is 0 Å². The van der Waals surface area contributed by atoms with Gasteiger partial charge in [0, 0.05) is 22.9 Å². The number of aliphatic hydroxyl groups excluding tert-OH is 2. The van der Waals surface area contributed by atoms with Crippen LogP contribution in [-0.2, 0) is 5.75 Å². The van der Waals surface area contributed by atoms with Crippen molar-refractivity contribution in [1.29, 1.82) is 0 Å². The van der Waals surface area contributed by atoms with E-state index in [4.69, 9.17) is 5.11 Å². The molecular formula is C17H21NO2S. The van der Waals surface area contributed by atoms with Gasteiger partial charge in [-0.3, -0.25) is 0 Å². The molecule has 3 nitrogen and oxygen atoms in total. The van der Waals surface area contributed by atoms with Crippen molar-refractivity contribution in [3.63, 3.8) is 0 Å². The molecular weight excluding hydrogens is 282 g/mol. The van der Waals surface area contributed by atoms with E-state index >= 15 is 0 Å². The summed E-state index contributed by atoms with van der Waals surface area (Å²) in [5.41, 5.74) is 3.54. The van der Waals surface area contributed by atoms with E-state index in [1.54, 1.807) is 11.8 Å². The number of aryl methyl sites for hydroxylation is 1. The number of thioether (sulfide) groups is 1. The fourth-order valence-corrected chi connectivity index (χ4v) is 2.86. The Labute approximate surface area is 130 Å². The summed E-state index contributed by atoms with van der Waals surface area (Å²) < 4.78 is 0. The summed E-state index contributed by atoms with van der Waals surface area (Å²) in [6.07, 6.45) is -0.736. The van der Waals surface area contributed by atoms with Gasteiger partial charge in [0.05, 0.1) is 12.7 Å². The quantitative estimate of drug-likeness (QED) is 0.688. The van der Waals surface area contributed by atoms with Crippen molar-refractivity contribution in [2.24, 2.45) is 0 Å². The van der Waals surface area contributed by atoms with Crippen LogP contribution in [0.1, 0.15) is 11.1 Å². The predicted molar refractivity (Wildman–Crippen MR) is 88.8 cm³/mol. The van der Waals surface area contributed by atoms with Crippen molar-refractivity contribution in [1.82, 2.24) is 0 Å². The second-order valence-electron chi connectivity index (χ2n) is 4.99. The largest absolute Gasteiger partial charge is 0.394 e. The Morgan fingerprint density at radius 2 is 1.81 bits per heavy atom. The molecule has 1 atom stereocenters. The van der Waals surface area contributed by atoms with E-state index in [1.807, 2.05) is 18.2 Å². The maximum atomic E-state index is 9.42. The highest BCUT2D eigenvalue weighted by Gasteiger charge is 2.06. The Balaban J connectivity index is 1.97. The maximum Gasteiger partial charge on any atom is 0.0942 e. The van der Waals surface area contributed by atoms with E-state index in [0.717, 1.165) is 16.3 Å². The zero-order valence-electron chi connectivity index (χ0n) is 12.1. The van der Waals surface area contributed by atoms with Gasteiger partial charge in [0.1, 0.15) is 0 Å². The molecule has 0 spiro atoms. The molecule has 0 bridgehead atoms. The van der Waals surface area contributed by atoms with Crippen LogP contribution in [0.2, 0.25) is 0 Å². The molecule has 0 saturated carbocycles. The molecule has 2 rings (SSSR count). The number of anilines is 1. The monoisotopic (exact) mass is 303 g/mol. The van der Waals surface area contributed by atoms with Gasteiger partial charge in [0.25, 0.3) is 0 Å². The zero-order chi connectivity index (χ0) is 15.1. The summed E-state index contributed by atoms with van der Waals surface area (Å²) in [5, 5.41) is 21.5. The molecule has 0 saturated heterocycles. The van der Waals surface area contributed by atoms with Gasteiger partial charge in [0.15, 0.2) is 0 Å². The second kappa shape index (κ2) is 8.08. The Morgan fingerprint density at radius 3 is 2.52 bits per heavy atom. The number of nitrogens with one attached hydrogen (secondary N) is 1. The lowest BCUT2D eigenvalue weighted by atomic mass is 10.2. The van der Waals surface area contributed by atoms with E-state index in [0.29, 0.717) is 6.54 Å². The van der Waals surface area contributed by atoms with E-state index in [-0.39, 0.29) is 6.61 Å². The molecule has 0 aliphatic rings. The van der Waals surface area contributed by atoms with Crippen LogP contribution in [0.4, 0.5) is 5.69 Å². The van der Waals surface area contributed by atoms with Gasteiger partial charge < -0.3 is 15.5 Å². The summed E-state index contributed by atoms with van der Waals surface area (Å²) in [6, 6.07) is 16.6. The van der Waals surface area contributed by atoms with Crippen LogP contribution < -0.4 is 5.32 Å². The number of rotatable bonds is 7. The molecule has 4 heteroatoms. The van der Waals surface area contributed by atoms with Crippen LogP contribution in [0.3, 0.4) is 0 Å². The molecule has 2 aromatic carbocycles. The lowest BCUT2D eigenvalue weighted by Crippen LogP contribution is -2.23. The van der Waals surface area contributed by atoms with Crippen LogP contribution in [0.25, 0.3) is 0 Å². The zero-order valence-corrected chi connectivity index (χ0v) is 12.9. The number of para-hydroxylation sites is 1. The third-order valence-corrected chi connectivity index (χ3v) is 4.29. The minimum atomic E-state index is -0.736. The van der Waals surface area contributed by atoms with Crippen LogP contribution in [0.5, 0.6) is 0 Å². The number of benzene rings is 2. The van der Waals surface area contributed by atoms with E-state index in [2.05, 4.69) is 42.6 Å². The summed E-state index contributed by atoms with van der Waals surface area (Å²) >= 11 is 1.76. The highest BCUT2D eigenvalue weighted by molar-refractivity contribution is 7.98. The van der Waals surface area contributed by atoms with Crippen molar-refractivity contribution in [2.45, 2.75) is 23.7 Å². The molecule has 3 N–H and O–H groups in total. The van der Waals surface area contributed by atoms with Crippen LogP contribution >= 0.6 is 11.8 Å². The maximum absolute atomic E-state index is 9.42. The Hall–Kier alpha value is -1.49. The van der Waals surface area contributed by atoms with Crippen LogP contribution in [0.15, 0.2) is 53.4 Å². The molecule has 0 fully saturated rings. The molecule has 1 unspecified atom stereocenters. The predicted octanol–water partition coefficient (Wildman–Crippen LogP) is 3.05. The third-order valence-electron chi connectivity index (χ3n) is 3.14. The van der Waals surface area contributed by atoms with Crippen molar-refractivity contribution in [3.8, 4) is 0 Å². The first-order chi connectivity index (χ1) is 10.2. The van der Waals surface area contributed by atoms with Crippen molar-refractivity contribution in [2.75, 3.05) is 18.5 Å². The van der Waals surface area contributed by atoms with Crippen molar-refractivity contribution < 1.29 is 10.2 Å². The molecule has 112 valence electrons. The topological polar surface area (TPSA) is 52.5 Å². The molecule has 21 heavy (non-hydrogen) atoms. The van der Waals surface area contributed by atoms with Crippen molar-refractivity contribution in [3.05, 3.63) is 59.7 Å². The first kappa shape index (κ1) is 15.9. The second-order valence-corrected chi connectivity index (χ2v) is 6.00. The molecule has 0 heterocycles. The fourth-order valence-electron chi connectivity index (χ4n) is 1.88. The summed E-state index contributed by atoms with van der Waals surface area (Å²) in [5.74, 6) is 0.904. The fraction of sp³-hybridized carbons (Fsp3) is 0.294. The standard InChI is InChI=1S/C17H21NO2S/c1-13-6-8-14(9-7-13)12-21-17-5-3-2-4-16(17)18-10-15(20)11-19/h2-9,15,18-20H,10-12H2,1H3. The minimum Gasteiger partial charge on any atom is -0.394 e. The van der Waals surface area contributed by atoms with E-state index in [1.165, 1.54) is 11.1 Å². The van der Waals surface area contributed by atoms with Crippen molar-refractivity contribution >= 4 is 17.4 Å². The summed E-state index contributed by atoms with van der Waals surface area (Å²) in [7, 11) is 0. The SMILES string of the molecule is Cc1ccc(CSc2ccccc2NCC(O)CO)cc1. The van der Waals surface area contributed by atoms with Crippen LogP contribution in [-0.4, -0.2) is 29.5 Å². The number of hydrogen-bond acceptors (Lipinski definition) is 4. The molecule has 2 aromatic rings. The Bertz CT molecular complexity index is 557.